The van der Waals surface area contributed by atoms with Crippen LogP contribution in [0.4, 0.5) is 5.69 Å². The molecule has 0 radical (unpaired) electrons. The van der Waals surface area contributed by atoms with E-state index in [1.54, 1.807) is 38.2 Å². The average Bonchev–Trinajstić information content (AvgIpc) is 3.02. The van der Waals surface area contributed by atoms with E-state index in [4.69, 9.17) is 4.42 Å². The molecular formula is C20H19N3O3. The molecule has 1 aromatic heterocycles. The molecule has 0 unspecified atom stereocenters. The maximum Gasteiger partial charge on any atom is 0.251 e. The second kappa shape index (κ2) is 7.65. The van der Waals surface area contributed by atoms with Crippen molar-refractivity contribution in [3.63, 3.8) is 0 Å². The summed E-state index contributed by atoms with van der Waals surface area (Å²) < 4.78 is 5.67. The van der Waals surface area contributed by atoms with Gasteiger partial charge in [0, 0.05) is 23.9 Å². The fourth-order valence-corrected chi connectivity index (χ4v) is 2.54. The first-order valence-electron chi connectivity index (χ1n) is 8.20. The van der Waals surface area contributed by atoms with Gasteiger partial charge in [0.15, 0.2) is 0 Å². The number of anilines is 1. The molecule has 0 saturated carbocycles. The van der Waals surface area contributed by atoms with Crippen molar-refractivity contribution < 1.29 is 14.0 Å². The summed E-state index contributed by atoms with van der Waals surface area (Å²) in [5, 5.41) is 5.34. The molecule has 0 aliphatic rings. The van der Waals surface area contributed by atoms with Gasteiger partial charge in [-0.3, -0.25) is 9.59 Å². The first kappa shape index (κ1) is 17.4. The van der Waals surface area contributed by atoms with Crippen LogP contribution in [0.1, 0.15) is 21.8 Å². The summed E-state index contributed by atoms with van der Waals surface area (Å²) in [6.45, 7) is 1.79. The van der Waals surface area contributed by atoms with Crippen molar-refractivity contribution in [2.75, 3.05) is 12.4 Å². The Morgan fingerprint density at radius 2 is 1.85 bits per heavy atom. The van der Waals surface area contributed by atoms with E-state index in [0.29, 0.717) is 28.6 Å². The zero-order chi connectivity index (χ0) is 18.5. The van der Waals surface area contributed by atoms with Crippen LogP contribution in [0.25, 0.3) is 11.5 Å². The average molecular weight is 349 g/mol. The number of amides is 2. The van der Waals surface area contributed by atoms with E-state index in [1.165, 1.54) is 0 Å². The Hall–Kier alpha value is -3.41. The summed E-state index contributed by atoms with van der Waals surface area (Å²) in [6, 6.07) is 16.3. The highest BCUT2D eigenvalue weighted by atomic mass is 16.4. The number of rotatable bonds is 5. The number of benzene rings is 2. The Morgan fingerprint density at radius 3 is 2.58 bits per heavy atom. The normalized spacial score (nSPS) is 10.4. The number of nitrogens with one attached hydrogen (secondary N) is 2. The number of nitrogens with zero attached hydrogens (tertiary/aromatic N) is 1. The van der Waals surface area contributed by atoms with Gasteiger partial charge in [-0.05, 0) is 37.3 Å². The first-order chi connectivity index (χ1) is 12.6. The topological polar surface area (TPSA) is 84.2 Å². The Balaban J connectivity index is 1.71. The molecule has 0 spiro atoms. The maximum absolute atomic E-state index is 12.3. The molecule has 0 bridgehead atoms. The molecule has 3 rings (SSSR count). The lowest BCUT2D eigenvalue weighted by atomic mass is 10.2. The number of carbonyl (C=O) groups is 2. The number of hydrogen-bond acceptors (Lipinski definition) is 4. The molecule has 6 heteroatoms. The van der Waals surface area contributed by atoms with Gasteiger partial charge in [-0.15, -0.1) is 0 Å². The van der Waals surface area contributed by atoms with Gasteiger partial charge in [0.2, 0.25) is 11.8 Å². The van der Waals surface area contributed by atoms with Crippen molar-refractivity contribution in [2.45, 2.75) is 13.3 Å². The van der Waals surface area contributed by atoms with Crippen LogP contribution >= 0.6 is 0 Å². The second-order valence-electron chi connectivity index (χ2n) is 5.77. The quantitative estimate of drug-likeness (QED) is 0.741. The van der Waals surface area contributed by atoms with Gasteiger partial charge < -0.3 is 15.1 Å². The zero-order valence-electron chi connectivity index (χ0n) is 14.6. The molecular weight excluding hydrogens is 330 g/mol. The van der Waals surface area contributed by atoms with Crippen molar-refractivity contribution in [1.29, 1.82) is 0 Å². The summed E-state index contributed by atoms with van der Waals surface area (Å²) in [5.41, 5.74) is 2.49. The predicted molar refractivity (Wildman–Crippen MR) is 98.8 cm³/mol. The molecule has 2 amide bonds. The molecule has 0 saturated heterocycles. The molecule has 1 heterocycles. The lowest BCUT2D eigenvalue weighted by Gasteiger charge is -2.06. The molecule has 132 valence electrons. The molecule has 3 aromatic rings. The van der Waals surface area contributed by atoms with Crippen LogP contribution in [-0.2, 0) is 11.2 Å². The molecule has 6 nitrogen and oxygen atoms in total. The molecule has 2 N–H and O–H groups in total. The van der Waals surface area contributed by atoms with Crippen molar-refractivity contribution in [3.8, 4) is 11.5 Å². The van der Waals surface area contributed by atoms with Crippen molar-refractivity contribution in [1.82, 2.24) is 10.3 Å². The van der Waals surface area contributed by atoms with E-state index in [2.05, 4.69) is 15.6 Å². The first-order valence-corrected chi connectivity index (χ1v) is 8.20. The minimum absolute atomic E-state index is 0.0897. The summed E-state index contributed by atoms with van der Waals surface area (Å²) in [4.78, 5) is 28.4. The molecule has 2 aromatic carbocycles. The van der Waals surface area contributed by atoms with Gasteiger partial charge in [0.25, 0.3) is 5.91 Å². The summed E-state index contributed by atoms with van der Waals surface area (Å²) in [5.74, 6) is 0.668. The third kappa shape index (κ3) is 3.97. The van der Waals surface area contributed by atoms with Gasteiger partial charge in [-0.1, -0.05) is 24.3 Å². The zero-order valence-corrected chi connectivity index (χ0v) is 14.6. The van der Waals surface area contributed by atoms with E-state index in [9.17, 15) is 9.59 Å². The van der Waals surface area contributed by atoms with E-state index < -0.39 is 0 Å². The van der Waals surface area contributed by atoms with E-state index in [0.717, 1.165) is 5.56 Å². The Labute approximate surface area is 151 Å². The number of aromatic nitrogens is 1. The van der Waals surface area contributed by atoms with Crippen LogP contribution < -0.4 is 10.6 Å². The Bertz CT molecular complexity index is 932. The van der Waals surface area contributed by atoms with Gasteiger partial charge in [0.05, 0.1) is 12.1 Å². The largest absolute Gasteiger partial charge is 0.441 e. The SMILES string of the molecule is CNC(=O)c1cccc(NC(=O)Cc2nc(-c3ccccc3)oc2C)c1. The highest BCUT2D eigenvalue weighted by Crippen LogP contribution is 2.22. The van der Waals surface area contributed by atoms with Crippen LogP contribution in [0.3, 0.4) is 0 Å². The van der Waals surface area contributed by atoms with Crippen LogP contribution in [-0.4, -0.2) is 23.8 Å². The monoisotopic (exact) mass is 349 g/mol. The third-order valence-electron chi connectivity index (χ3n) is 3.88. The lowest BCUT2D eigenvalue weighted by Crippen LogP contribution is -2.19. The molecule has 26 heavy (non-hydrogen) atoms. The van der Waals surface area contributed by atoms with Crippen molar-refractivity contribution >= 4 is 17.5 Å². The number of carbonyl (C=O) groups excluding carboxylic acids is 2. The summed E-state index contributed by atoms with van der Waals surface area (Å²) >= 11 is 0. The van der Waals surface area contributed by atoms with E-state index in [-0.39, 0.29) is 18.2 Å². The van der Waals surface area contributed by atoms with Crippen molar-refractivity contribution in [3.05, 3.63) is 71.6 Å². The van der Waals surface area contributed by atoms with Crippen LogP contribution in [0, 0.1) is 6.92 Å². The van der Waals surface area contributed by atoms with Gasteiger partial charge in [0.1, 0.15) is 5.76 Å². The fraction of sp³-hybridized carbons (Fsp3) is 0.150. The highest BCUT2D eigenvalue weighted by Gasteiger charge is 2.15. The number of hydrogen-bond donors (Lipinski definition) is 2. The second-order valence-corrected chi connectivity index (χ2v) is 5.77. The molecule has 0 atom stereocenters. The fourth-order valence-electron chi connectivity index (χ4n) is 2.54. The van der Waals surface area contributed by atoms with Crippen molar-refractivity contribution in [2.24, 2.45) is 0 Å². The molecule has 0 aliphatic heterocycles. The van der Waals surface area contributed by atoms with Crippen LogP contribution in [0.2, 0.25) is 0 Å². The standard InChI is InChI=1S/C20H19N3O3/c1-13-17(23-20(26-13)14-7-4-3-5-8-14)12-18(24)22-16-10-6-9-15(11-16)19(25)21-2/h3-11H,12H2,1-2H3,(H,21,25)(H,22,24). The van der Waals surface area contributed by atoms with Crippen LogP contribution in [0.5, 0.6) is 0 Å². The summed E-state index contributed by atoms with van der Waals surface area (Å²) in [6.07, 6.45) is 0.0897. The van der Waals surface area contributed by atoms with E-state index in [1.807, 2.05) is 30.3 Å². The number of oxazole rings is 1. The molecule has 0 fully saturated rings. The van der Waals surface area contributed by atoms with Crippen LogP contribution in [0.15, 0.2) is 59.0 Å². The Kier molecular flexibility index (Phi) is 5.12. The minimum Gasteiger partial charge on any atom is -0.441 e. The highest BCUT2D eigenvalue weighted by molar-refractivity contribution is 5.97. The van der Waals surface area contributed by atoms with E-state index >= 15 is 0 Å². The lowest BCUT2D eigenvalue weighted by molar-refractivity contribution is -0.115. The van der Waals surface area contributed by atoms with Gasteiger partial charge in [-0.25, -0.2) is 4.98 Å². The maximum atomic E-state index is 12.3. The van der Waals surface area contributed by atoms with Gasteiger partial charge >= 0.3 is 0 Å². The van der Waals surface area contributed by atoms with Gasteiger partial charge in [-0.2, -0.15) is 0 Å². The number of aryl methyl sites for hydroxylation is 1. The Morgan fingerprint density at radius 1 is 1.08 bits per heavy atom. The smallest absolute Gasteiger partial charge is 0.251 e. The molecule has 0 aliphatic carbocycles. The predicted octanol–water partition coefficient (Wildman–Crippen LogP) is 3.19. The summed E-state index contributed by atoms with van der Waals surface area (Å²) in [7, 11) is 1.56. The minimum atomic E-state index is -0.227. The third-order valence-corrected chi connectivity index (χ3v) is 3.88.